The first kappa shape index (κ1) is 32.7. The molecule has 3 heterocycles. The Hall–Kier alpha value is -5.86. The number of anilines is 1. The number of hydrogen-bond acceptors (Lipinski definition) is 9. The first-order valence-corrected chi connectivity index (χ1v) is 16.8. The molecule has 1 saturated carbocycles. The average molecular weight is 670 g/mol. The summed E-state index contributed by atoms with van der Waals surface area (Å²) in [6.45, 7) is 2.43. The molecule has 0 bridgehead atoms. The third kappa shape index (κ3) is 7.56. The van der Waals surface area contributed by atoms with Crippen LogP contribution in [0.5, 0.6) is 28.7 Å². The van der Waals surface area contributed by atoms with E-state index in [1.807, 2.05) is 70.3 Å². The van der Waals surface area contributed by atoms with E-state index >= 15 is 0 Å². The normalized spacial score (nSPS) is 15.8. The predicted octanol–water partition coefficient (Wildman–Crippen LogP) is 6.61. The van der Waals surface area contributed by atoms with Crippen molar-refractivity contribution in [2.45, 2.75) is 37.9 Å². The molecule has 7 rings (SSSR count). The highest BCUT2D eigenvalue weighted by Crippen LogP contribution is 2.37. The summed E-state index contributed by atoms with van der Waals surface area (Å²) in [5.41, 5.74) is 1.97. The quantitative estimate of drug-likeness (QED) is 0.138. The van der Waals surface area contributed by atoms with Gasteiger partial charge < -0.3 is 24.4 Å². The molecule has 1 aliphatic carbocycles. The van der Waals surface area contributed by atoms with Crippen molar-refractivity contribution in [2.75, 3.05) is 39.1 Å². The van der Waals surface area contributed by atoms with E-state index in [0.29, 0.717) is 71.1 Å². The van der Waals surface area contributed by atoms with Crippen LogP contribution in [0.3, 0.4) is 0 Å². The zero-order valence-electron chi connectivity index (χ0n) is 28.2. The van der Waals surface area contributed by atoms with E-state index in [0.717, 1.165) is 24.3 Å². The molecular weight excluding hydrogens is 630 g/mol. The molecular formula is C39H39N7O4. The molecule has 1 N–H and O–H groups in total. The molecule has 2 aromatic heterocycles. The second kappa shape index (κ2) is 14.7. The SMILES string of the molecule is COc1ccc(Cn2nc(NC3CCN(C(=O)C=CCN(C)C4CC4)C3)c3c(Oc4ccc(Oc5ccccc5)cc4C#N)ccnc32)cc1. The monoisotopic (exact) mass is 669 g/mol. The number of pyridine rings is 1. The van der Waals surface area contributed by atoms with E-state index in [2.05, 4.69) is 23.3 Å². The van der Waals surface area contributed by atoms with Crippen LogP contribution in [-0.4, -0.2) is 76.3 Å². The summed E-state index contributed by atoms with van der Waals surface area (Å²) < 4.78 is 19.6. The van der Waals surface area contributed by atoms with Crippen LogP contribution < -0.4 is 19.5 Å². The second-order valence-corrected chi connectivity index (χ2v) is 12.6. The topological polar surface area (TPSA) is 118 Å². The predicted molar refractivity (Wildman–Crippen MR) is 191 cm³/mol. The number of carbonyl (C=O) groups excluding carboxylic acids is 1. The van der Waals surface area contributed by atoms with Crippen molar-refractivity contribution in [1.82, 2.24) is 24.6 Å². The van der Waals surface area contributed by atoms with Crippen molar-refractivity contribution in [2.24, 2.45) is 0 Å². The maximum Gasteiger partial charge on any atom is 0.246 e. The minimum Gasteiger partial charge on any atom is -0.497 e. The zero-order valence-corrected chi connectivity index (χ0v) is 28.2. The summed E-state index contributed by atoms with van der Waals surface area (Å²) in [5.74, 6) is 3.47. The number of methoxy groups -OCH3 is 1. The van der Waals surface area contributed by atoms with Crippen LogP contribution in [-0.2, 0) is 11.3 Å². The van der Waals surface area contributed by atoms with E-state index in [9.17, 15) is 10.1 Å². The van der Waals surface area contributed by atoms with Gasteiger partial charge in [-0.05, 0) is 68.3 Å². The van der Waals surface area contributed by atoms with Crippen molar-refractivity contribution >= 4 is 22.8 Å². The molecule has 1 amide bonds. The molecule has 3 aromatic carbocycles. The lowest BCUT2D eigenvalue weighted by molar-refractivity contribution is -0.125. The highest BCUT2D eigenvalue weighted by atomic mass is 16.5. The summed E-state index contributed by atoms with van der Waals surface area (Å²) in [7, 11) is 3.74. The number of nitrogens with one attached hydrogen (secondary N) is 1. The minimum atomic E-state index is -0.0221. The minimum absolute atomic E-state index is 0.0165. The van der Waals surface area contributed by atoms with Gasteiger partial charge in [-0.1, -0.05) is 36.4 Å². The molecule has 254 valence electrons. The summed E-state index contributed by atoms with van der Waals surface area (Å²) >= 11 is 0. The van der Waals surface area contributed by atoms with Crippen LogP contribution in [0.1, 0.15) is 30.4 Å². The summed E-state index contributed by atoms with van der Waals surface area (Å²) in [4.78, 5) is 21.9. The second-order valence-electron chi connectivity index (χ2n) is 12.6. The number of ether oxygens (including phenoxy) is 3. The van der Waals surface area contributed by atoms with Gasteiger partial charge >= 0.3 is 0 Å². The lowest BCUT2D eigenvalue weighted by atomic mass is 10.2. The van der Waals surface area contributed by atoms with Crippen LogP contribution in [0.2, 0.25) is 0 Å². The third-order valence-corrected chi connectivity index (χ3v) is 9.02. The van der Waals surface area contributed by atoms with Crippen LogP contribution in [0.4, 0.5) is 5.82 Å². The third-order valence-electron chi connectivity index (χ3n) is 9.02. The number of rotatable bonds is 13. The number of carbonyl (C=O) groups is 1. The number of aromatic nitrogens is 3. The van der Waals surface area contributed by atoms with E-state index < -0.39 is 0 Å². The smallest absolute Gasteiger partial charge is 0.246 e. The number of likely N-dealkylation sites (tertiary alicyclic amines) is 1. The number of hydrogen-bond donors (Lipinski definition) is 1. The van der Waals surface area contributed by atoms with Gasteiger partial charge in [-0.15, -0.1) is 0 Å². The van der Waals surface area contributed by atoms with Crippen molar-refractivity contribution in [3.05, 3.63) is 108 Å². The molecule has 0 spiro atoms. The van der Waals surface area contributed by atoms with Crippen LogP contribution in [0.15, 0.2) is 97.2 Å². The Morgan fingerprint density at radius 2 is 1.80 bits per heavy atom. The van der Waals surface area contributed by atoms with Gasteiger partial charge in [-0.3, -0.25) is 9.69 Å². The number of para-hydroxylation sites is 1. The molecule has 11 nitrogen and oxygen atoms in total. The molecule has 1 saturated heterocycles. The fourth-order valence-electron chi connectivity index (χ4n) is 6.12. The Morgan fingerprint density at radius 1 is 1.00 bits per heavy atom. The maximum atomic E-state index is 13.0. The van der Waals surface area contributed by atoms with Gasteiger partial charge in [0.2, 0.25) is 5.91 Å². The van der Waals surface area contributed by atoms with Crippen molar-refractivity contribution < 1.29 is 19.0 Å². The number of nitrogens with zero attached hydrogens (tertiary/aromatic N) is 6. The van der Waals surface area contributed by atoms with Crippen LogP contribution in [0.25, 0.3) is 11.0 Å². The Kier molecular flexibility index (Phi) is 9.62. The molecule has 11 heteroatoms. The van der Waals surface area contributed by atoms with Crippen molar-refractivity contribution in [1.29, 1.82) is 5.26 Å². The van der Waals surface area contributed by atoms with Crippen LogP contribution >= 0.6 is 0 Å². The molecule has 0 radical (unpaired) electrons. The fourth-order valence-corrected chi connectivity index (χ4v) is 6.12. The first-order valence-electron chi connectivity index (χ1n) is 16.8. The number of fused-ring (bicyclic) bond motifs is 1. The highest BCUT2D eigenvalue weighted by Gasteiger charge is 2.28. The zero-order chi connectivity index (χ0) is 34.5. The molecule has 2 fully saturated rings. The Labute approximate surface area is 291 Å². The van der Waals surface area contributed by atoms with Crippen LogP contribution in [0, 0.1) is 11.3 Å². The Bertz CT molecular complexity index is 2030. The van der Waals surface area contributed by atoms with Crippen molar-refractivity contribution in [3.63, 3.8) is 0 Å². The standard InChI is InChI=1S/C39H39N7O4/c1-44(30-12-13-30)21-6-9-36(47)45-22-19-29(26-45)42-38-37-35(18-20-41-39(37)46(43-38)25-27-10-14-31(48-2)15-11-27)50-34-17-16-33(23-28(34)24-40)49-32-7-4-3-5-8-32/h3-11,14-18,20,23,29-30H,12-13,19,21-22,25-26H2,1-2H3,(H,42,43). The highest BCUT2D eigenvalue weighted by molar-refractivity contribution is 5.94. The number of benzene rings is 3. The number of nitriles is 1. The Balaban J connectivity index is 1.15. The van der Waals surface area contributed by atoms with E-state index in [1.165, 1.54) is 12.8 Å². The molecule has 5 aromatic rings. The molecule has 1 atom stereocenters. The van der Waals surface area contributed by atoms with Gasteiger partial charge in [-0.2, -0.15) is 10.4 Å². The fraction of sp³-hybridized carbons (Fsp3) is 0.282. The number of likely N-dealkylation sites (N-methyl/N-ethyl adjacent to an activating group) is 1. The van der Waals surface area contributed by atoms with Gasteiger partial charge in [0, 0.05) is 56.1 Å². The largest absolute Gasteiger partial charge is 0.497 e. The molecule has 1 aliphatic heterocycles. The van der Waals surface area contributed by atoms with Gasteiger partial charge in [0.25, 0.3) is 0 Å². The number of amides is 1. The van der Waals surface area contributed by atoms with E-state index in [4.69, 9.17) is 24.3 Å². The van der Waals surface area contributed by atoms with E-state index in [-0.39, 0.29) is 11.9 Å². The van der Waals surface area contributed by atoms with Gasteiger partial charge in [0.1, 0.15) is 40.2 Å². The van der Waals surface area contributed by atoms with E-state index in [1.54, 1.807) is 43.6 Å². The van der Waals surface area contributed by atoms with Gasteiger partial charge in [0.05, 0.1) is 19.2 Å². The summed E-state index contributed by atoms with van der Waals surface area (Å²) in [6.07, 6.45) is 8.57. The summed E-state index contributed by atoms with van der Waals surface area (Å²) in [6, 6.07) is 27.0. The van der Waals surface area contributed by atoms with Gasteiger partial charge in [0.15, 0.2) is 11.5 Å². The maximum absolute atomic E-state index is 13.0. The molecule has 50 heavy (non-hydrogen) atoms. The van der Waals surface area contributed by atoms with Crippen molar-refractivity contribution in [3.8, 4) is 34.8 Å². The lowest BCUT2D eigenvalue weighted by Crippen LogP contribution is -2.30. The molecule has 2 aliphatic rings. The first-order chi connectivity index (χ1) is 24.5. The lowest BCUT2D eigenvalue weighted by Gasteiger charge is -2.16. The molecule has 1 unspecified atom stereocenters. The van der Waals surface area contributed by atoms with Gasteiger partial charge in [-0.25, -0.2) is 9.67 Å². The average Bonchev–Trinajstić information content (AvgIpc) is 3.80. The Morgan fingerprint density at radius 3 is 2.56 bits per heavy atom. The summed E-state index contributed by atoms with van der Waals surface area (Å²) in [5, 5.41) is 19.3.